The van der Waals surface area contributed by atoms with Crippen LogP contribution in [-0.2, 0) is 9.59 Å². The van der Waals surface area contributed by atoms with Crippen molar-refractivity contribution >= 4 is 35.0 Å². The summed E-state index contributed by atoms with van der Waals surface area (Å²) in [6.07, 6.45) is 9.96. The average Bonchev–Trinajstić information content (AvgIpc) is 3.93. The number of anilines is 2. The minimum atomic E-state index is -0.555. The van der Waals surface area contributed by atoms with E-state index in [0.29, 0.717) is 60.1 Å². The number of amides is 4. The number of aromatic nitrogens is 1. The predicted molar refractivity (Wildman–Crippen MR) is 170 cm³/mol. The fourth-order valence-electron chi connectivity index (χ4n) is 6.07. The lowest BCUT2D eigenvalue weighted by Crippen LogP contribution is -2.43. The molecule has 2 atom stereocenters. The van der Waals surface area contributed by atoms with E-state index in [0.717, 1.165) is 24.0 Å². The molecule has 3 aromatic heterocycles. The number of hydrogen-bond acceptors (Lipinski definition) is 8. The summed E-state index contributed by atoms with van der Waals surface area (Å²) in [6.45, 7) is 1.03. The van der Waals surface area contributed by atoms with Gasteiger partial charge in [-0.15, -0.1) is 0 Å². The van der Waals surface area contributed by atoms with Crippen molar-refractivity contribution in [3.05, 3.63) is 103 Å². The molecule has 0 unspecified atom stereocenters. The molecule has 0 radical (unpaired) electrons. The second-order valence-electron chi connectivity index (χ2n) is 11.5. The molecule has 2 N–H and O–H groups in total. The maximum absolute atomic E-state index is 13.1. The minimum absolute atomic E-state index is 0.220. The van der Waals surface area contributed by atoms with E-state index >= 15 is 0 Å². The predicted octanol–water partition coefficient (Wildman–Crippen LogP) is 5.68. The van der Waals surface area contributed by atoms with Gasteiger partial charge in [-0.2, -0.15) is 0 Å². The van der Waals surface area contributed by atoms with Crippen molar-refractivity contribution in [1.82, 2.24) is 14.8 Å². The van der Waals surface area contributed by atoms with Crippen LogP contribution in [0.1, 0.15) is 46.4 Å². The number of carbonyl (C=O) groups is 4. The summed E-state index contributed by atoms with van der Waals surface area (Å²) < 4.78 is 16.1. The SMILES string of the molecule is O=C(Nc1ccc(-c2cnc(-c3ccc(NC(=O)[C@@H]4CCCN4C(=O)c4ccoc4)cc3)o2)cc1)[C@@H]1CCCN1C(=O)c1ccoc1. The highest BCUT2D eigenvalue weighted by Gasteiger charge is 2.36. The van der Waals surface area contributed by atoms with Crippen LogP contribution in [0.3, 0.4) is 0 Å². The van der Waals surface area contributed by atoms with E-state index in [-0.39, 0.29) is 23.6 Å². The molecule has 0 aliphatic carbocycles. The molecule has 2 aliphatic rings. The van der Waals surface area contributed by atoms with Crippen molar-refractivity contribution in [2.75, 3.05) is 23.7 Å². The summed E-state index contributed by atoms with van der Waals surface area (Å²) in [4.78, 5) is 59.3. The van der Waals surface area contributed by atoms with Gasteiger partial charge in [0.15, 0.2) is 5.76 Å². The molecule has 12 nitrogen and oxygen atoms in total. The van der Waals surface area contributed by atoms with Crippen molar-refractivity contribution in [1.29, 1.82) is 0 Å². The first kappa shape index (κ1) is 29.8. The zero-order chi connectivity index (χ0) is 32.3. The van der Waals surface area contributed by atoms with Gasteiger partial charge in [-0.05, 0) is 86.3 Å². The van der Waals surface area contributed by atoms with Gasteiger partial charge < -0.3 is 33.7 Å². The molecule has 4 amide bonds. The molecular weight excluding hydrogens is 602 g/mol. The highest BCUT2D eigenvalue weighted by molar-refractivity contribution is 6.02. The molecule has 0 spiro atoms. The Hall–Kier alpha value is -5.91. The Labute approximate surface area is 269 Å². The highest BCUT2D eigenvalue weighted by Crippen LogP contribution is 2.29. The minimum Gasteiger partial charge on any atom is -0.472 e. The summed E-state index contributed by atoms with van der Waals surface area (Å²) in [7, 11) is 0. The maximum Gasteiger partial charge on any atom is 0.257 e. The number of hydrogen-bond donors (Lipinski definition) is 2. The first-order chi connectivity index (χ1) is 22.9. The fourth-order valence-corrected chi connectivity index (χ4v) is 6.07. The normalized spacial score (nSPS) is 17.5. The van der Waals surface area contributed by atoms with Gasteiger partial charge in [-0.25, -0.2) is 4.98 Å². The van der Waals surface area contributed by atoms with E-state index in [2.05, 4.69) is 15.6 Å². The van der Waals surface area contributed by atoms with E-state index in [4.69, 9.17) is 13.3 Å². The lowest BCUT2D eigenvalue weighted by Gasteiger charge is -2.23. The third-order valence-electron chi connectivity index (χ3n) is 8.51. The molecule has 0 bridgehead atoms. The monoisotopic (exact) mass is 633 g/mol. The molecule has 2 fully saturated rings. The number of benzene rings is 2. The zero-order valence-corrected chi connectivity index (χ0v) is 25.3. The summed E-state index contributed by atoms with van der Waals surface area (Å²) in [5.41, 5.74) is 3.54. The average molecular weight is 634 g/mol. The standard InChI is InChI=1S/C35H31N5O7/c41-31(28-3-1-15-39(28)34(43)24-13-17-45-20-24)37-26-9-5-22(6-10-26)30-19-36-33(47-30)23-7-11-27(12-8-23)38-32(42)29-4-2-16-40(29)35(44)25-14-18-46-21-25/h5-14,17-21,28-29H,1-4,15-16H2,(H,37,41)(H,38,42)/t28-,29-/m0/s1. The summed E-state index contributed by atoms with van der Waals surface area (Å²) in [5.74, 6) is 0.0347. The van der Waals surface area contributed by atoms with Crippen LogP contribution in [0.4, 0.5) is 11.4 Å². The molecular formula is C35H31N5O7. The molecule has 238 valence electrons. The van der Waals surface area contributed by atoms with Gasteiger partial charge in [0.1, 0.15) is 24.6 Å². The van der Waals surface area contributed by atoms with Gasteiger partial charge in [-0.1, -0.05) is 0 Å². The lowest BCUT2D eigenvalue weighted by atomic mass is 10.1. The first-order valence-electron chi connectivity index (χ1n) is 15.4. The molecule has 0 saturated carbocycles. The topological polar surface area (TPSA) is 151 Å². The van der Waals surface area contributed by atoms with Crippen LogP contribution in [0.25, 0.3) is 22.8 Å². The third kappa shape index (κ3) is 6.17. The number of nitrogens with one attached hydrogen (secondary N) is 2. The molecule has 2 saturated heterocycles. The number of likely N-dealkylation sites (tertiary alicyclic amines) is 2. The maximum atomic E-state index is 13.1. The van der Waals surface area contributed by atoms with E-state index in [1.165, 1.54) is 25.1 Å². The smallest absolute Gasteiger partial charge is 0.257 e. The van der Waals surface area contributed by atoms with Crippen LogP contribution in [0.2, 0.25) is 0 Å². The van der Waals surface area contributed by atoms with Crippen LogP contribution in [0, 0.1) is 0 Å². The number of carbonyl (C=O) groups excluding carboxylic acids is 4. The van der Waals surface area contributed by atoms with Gasteiger partial charge >= 0.3 is 0 Å². The Balaban J connectivity index is 0.954. The van der Waals surface area contributed by atoms with Gasteiger partial charge in [0, 0.05) is 35.6 Å². The van der Waals surface area contributed by atoms with Crippen LogP contribution in [0.15, 0.2) is 105 Å². The van der Waals surface area contributed by atoms with Crippen LogP contribution in [-0.4, -0.2) is 63.6 Å². The van der Waals surface area contributed by atoms with Gasteiger partial charge in [0.25, 0.3) is 11.8 Å². The number of nitrogens with zero attached hydrogens (tertiary/aromatic N) is 3. The summed E-state index contributed by atoms with van der Waals surface area (Å²) in [6, 6.07) is 16.4. The molecule has 47 heavy (non-hydrogen) atoms. The van der Waals surface area contributed by atoms with E-state index in [1.807, 2.05) is 12.1 Å². The second kappa shape index (κ2) is 12.8. The van der Waals surface area contributed by atoms with Gasteiger partial charge in [-0.3, -0.25) is 19.2 Å². The second-order valence-corrected chi connectivity index (χ2v) is 11.5. The summed E-state index contributed by atoms with van der Waals surface area (Å²) >= 11 is 0. The van der Waals surface area contributed by atoms with Gasteiger partial charge in [0.05, 0.1) is 29.9 Å². The van der Waals surface area contributed by atoms with Crippen LogP contribution < -0.4 is 10.6 Å². The van der Waals surface area contributed by atoms with Crippen LogP contribution >= 0.6 is 0 Å². The van der Waals surface area contributed by atoms with Crippen molar-refractivity contribution in [2.45, 2.75) is 37.8 Å². The molecule has 5 aromatic rings. The van der Waals surface area contributed by atoms with Crippen LogP contribution in [0.5, 0.6) is 0 Å². The Morgan fingerprint density at radius 1 is 0.660 bits per heavy atom. The van der Waals surface area contributed by atoms with Crippen molar-refractivity contribution < 1.29 is 32.4 Å². The van der Waals surface area contributed by atoms with Crippen molar-refractivity contribution in [2.24, 2.45) is 0 Å². The Morgan fingerprint density at radius 3 is 1.62 bits per heavy atom. The molecule has 2 aromatic carbocycles. The Morgan fingerprint density at radius 2 is 1.15 bits per heavy atom. The fraction of sp³-hybridized carbons (Fsp3) is 0.229. The number of rotatable bonds is 8. The lowest BCUT2D eigenvalue weighted by molar-refractivity contribution is -0.120. The summed E-state index contributed by atoms with van der Waals surface area (Å²) in [5, 5.41) is 5.83. The Kier molecular flexibility index (Phi) is 8.13. The molecule has 12 heteroatoms. The Bertz CT molecular complexity index is 1740. The molecule has 7 rings (SSSR count). The molecule has 2 aliphatic heterocycles. The van der Waals surface area contributed by atoms with Gasteiger partial charge in [0.2, 0.25) is 17.7 Å². The van der Waals surface area contributed by atoms with E-state index in [9.17, 15) is 19.2 Å². The first-order valence-corrected chi connectivity index (χ1v) is 15.4. The van der Waals surface area contributed by atoms with E-state index < -0.39 is 12.1 Å². The quantitative estimate of drug-likeness (QED) is 0.222. The number of furan rings is 2. The highest BCUT2D eigenvalue weighted by atomic mass is 16.4. The van der Waals surface area contributed by atoms with Crippen molar-refractivity contribution in [3.8, 4) is 22.8 Å². The number of oxazole rings is 1. The third-order valence-corrected chi connectivity index (χ3v) is 8.51. The molecule has 5 heterocycles. The largest absolute Gasteiger partial charge is 0.472 e. The zero-order valence-electron chi connectivity index (χ0n) is 25.3. The van der Waals surface area contributed by atoms with E-state index in [1.54, 1.807) is 64.5 Å². The van der Waals surface area contributed by atoms with Crippen molar-refractivity contribution in [3.63, 3.8) is 0 Å².